The van der Waals surface area contributed by atoms with E-state index >= 15 is 0 Å². The fraction of sp³-hybridized carbons (Fsp3) is 0.545. The van der Waals surface area contributed by atoms with Crippen molar-refractivity contribution in [2.45, 2.75) is 78.7 Å². The van der Waals surface area contributed by atoms with E-state index in [1.807, 2.05) is 13.0 Å². The van der Waals surface area contributed by atoms with Crippen molar-refractivity contribution in [3.63, 3.8) is 0 Å². The summed E-state index contributed by atoms with van der Waals surface area (Å²) < 4.78 is 24.0. The van der Waals surface area contributed by atoms with Crippen LogP contribution in [-0.2, 0) is 9.59 Å². The number of hydrogen-bond acceptors (Lipinski definition) is 3. The first-order chi connectivity index (χ1) is 12.5. The lowest BCUT2D eigenvalue weighted by Crippen LogP contribution is -2.26. The SMILES string of the molecule is CC1=C(C)C(=O)C(CC[C@@](C)(O)CC/C=C(\C)CCC=C(F)F)=C(C)C1=O. The third-order valence-corrected chi connectivity index (χ3v) is 5.24. The molecule has 0 saturated heterocycles. The number of halogens is 2. The van der Waals surface area contributed by atoms with Crippen molar-refractivity contribution in [3.8, 4) is 0 Å². The zero-order chi connectivity index (χ0) is 20.8. The molecule has 0 unspecified atom stereocenters. The van der Waals surface area contributed by atoms with Gasteiger partial charge in [0.1, 0.15) is 0 Å². The highest BCUT2D eigenvalue weighted by atomic mass is 19.3. The van der Waals surface area contributed by atoms with Crippen LogP contribution in [0, 0.1) is 0 Å². The van der Waals surface area contributed by atoms with Crippen LogP contribution in [0.5, 0.6) is 0 Å². The van der Waals surface area contributed by atoms with E-state index in [0.717, 1.165) is 11.6 Å². The Morgan fingerprint density at radius 1 is 0.963 bits per heavy atom. The van der Waals surface area contributed by atoms with Crippen LogP contribution in [0.4, 0.5) is 8.78 Å². The predicted octanol–water partition coefficient (Wildman–Crippen LogP) is 5.61. The topological polar surface area (TPSA) is 54.4 Å². The predicted molar refractivity (Wildman–Crippen MR) is 103 cm³/mol. The number of ketones is 2. The molecule has 0 fully saturated rings. The van der Waals surface area contributed by atoms with Crippen LogP contribution in [0.2, 0.25) is 0 Å². The lowest BCUT2D eigenvalue weighted by atomic mass is 9.82. The summed E-state index contributed by atoms with van der Waals surface area (Å²) >= 11 is 0. The summed E-state index contributed by atoms with van der Waals surface area (Å²) in [6.07, 6.45) is 3.93. The molecule has 0 aromatic carbocycles. The highest BCUT2D eigenvalue weighted by molar-refractivity contribution is 6.24. The Morgan fingerprint density at radius 3 is 2.15 bits per heavy atom. The Hall–Kier alpha value is -1.88. The van der Waals surface area contributed by atoms with E-state index in [2.05, 4.69) is 0 Å². The average molecular weight is 380 g/mol. The van der Waals surface area contributed by atoms with Gasteiger partial charge in [-0.05, 0) is 79.2 Å². The minimum atomic E-state index is -1.66. The smallest absolute Gasteiger partial charge is 0.266 e. The van der Waals surface area contributed by atoms with Gasteiger partial charge in [0, 0.05) is 22.3 Å². The molecule has 3 nitrogen and oxygen atoms in total. The largest absolute Gasteiger partial charge is 0.390 e. The van der Waals surface area contributed by atoms with Gasteiger partial charge in [-0.25, -0.2) is 0 Å². The minimum absolute atomic E-state index is 0.0981. The van der Waals surface area contributed by atoms with Crippen LogP contribution in [0.25, 0.3) is 0 Å². The molecule has 0 spiro atoms. The molecule has 1 aliphatic carbocycles. The highest BCUT2D eigenvalue weighted by Gasteiger charge is 2.29. The summed E-state index contributed by atoms with van der Waals surface area (Å²) in [5, 5.41) is 10.6. The second-order valence-electron chi connectivity index (χ2n) is 7.63. The van der Waals surface area contributed by atoms with E-state index in [1.165, 1.54) is 0 Å². The fourth-order valence-electron chi connectivity index (χ4n) is 3.12. The maximum atomic E-state index is 12.4. The molecular formula is C22H30F2O3. The van der Waals surface area contributed by atoms with Gasteiger partial charge in [-0.2, -0.15) is 8.78 Å². The summed E-state index contributed by atoms with van der Waals surface area (Å²) in [5.41, 5.74) is 1.99. The van der Waals surface area contributed by atoms with Crippen molar-refractivity contribution in [2.75, 3.05) is 0 Å². The van der Waals surface area contributed by atoms with Gasteiger partial charge in [-0.1, -0.05) is 11.6 Å². The quantitative estimate of drug-likeness (QED) is 0.418. The van der Waals surface area contributed by atoms with Gasteiger partial charge < -0.3 is 5.11 Å². The van der Waals surface area contributed by atoms with Crippen LogP contribution in [-0.4, -0.2) is 22.3 Å². The maximum absolute atomic E-state index is 12.4. The van der Waals surface area contributed by atoms with Crippen LogP contribution in [0.15, 0.2) is 46.1 Å². The molecule has 0 radical (unpaired) electrons. The fourth-order valence-corrected chi connectivity index (χ4v) is 3.12. The van der Waals surface area contributed by atoms with Crippen LogP contribution < -0.4 is 0 Å². The molecule has 5 heteroatoms. The number of aliphatic hydroxyl groups is 1. The minimum Gasteiger partial charge on any atom is -0.390 e. The first-order valence-electron chi connectivity index (χ1n) is 9.32. The molecule has 0 aromatic heterocycles. The van der Waals surface area contributed by atoms with Gasteiger partial charge in [0.15, 0.2) is 11.6 Å². The second kappa shape index (κ2) is 9.88. The lowest BCUT2D eigenvalue weighted by molar-refractivity contribution is -0.116. The number of Topliss-reactive ketones (excluding diaryl/α,β-unsaturated/α-hetero) is 2. The van der Waals surface area contributed by atoms with E-state index in [1.54, 1.807) is 27.7 Å². The number of carbonyl (C=O) groups excluding carboxylic acids is 2. The molecule has 0 heterocycles. The summed E-state index contributed by atoms with van der Waals surface area (Å²) in [5.74, 6) is -0.205. The van der Waals surface area contributed by atoms with Crippen LogP contribution >= 0.6 is 0 Å². The molecule has 0 bridgehead atoms. The summed E-state index contributed by atoms with van der Waals surface area (Å²) in [6, 6.07) is 0. The van der Waals surface area contributed by atoms with Gasteiger partial charge in [0.2, 0.25) is 0 Å². The van der Waals surface area contributed by atoms with Crippen molar-refractivity contribution in [2.24, 2.45) is 0 Å². The van der Waals surface area contributed by atoms with E-state index in [9.17, 15) is 23.5 Å². The average Bonchev–Trinajstić information content (AvgIpc) is 2.57. The van der Waals surface area contributed by atoms with Crippen molar-refractivity contribution < 1.29 is 23.5 Å². The van der Waals surface area contributed by atoms with E-state index in [-0.39, 0.29) is 11.6 Å². The Balaban J connectivity index is 2.60. The van der Waals surface area contributed by atoms with E-state index in [4.69, 9.17) is 0 Å². The van der Waals surface area contributed by atoms with E-state index in [0.29, 0.717) is 60.8 Å². The zero-order valence-electron chi connectivity index (χ0n) is 16.9. The third-order valence-electron chi connectivity index (χ3n) is 5.24. The van der Waals surface area contributed by atoms with Gasteiger partial charge in [-0.3, -0.25) is 9.59 Å². The third kappa shape index (κ3) is 6.98. The molecule has 0 aromatic rings. The first kappa shape index (κ1) is 23.2. The molecule has 0 aliphatic heterocycles. The molecular weight excluding hydrogens is 350 g/mol. The maximum Gasteiger partial charge on any atom is 0.266 e. The Labute approximate surface area is 160 Å². The molecule has 1 rings (SSSR count). The van der Waals surface area contributed by atoms with Crippen molar-refractivity contribution >= 4 is 11.6 Å². The summed E-state index contributed by atoms with van der Waals surface area (Å²) in [6.45, 7) is 8.60. The standard InChI is InChI=1S/C22H30F2O3/c1-14(8-6-10-19(23)24)9-7-12-22(5,27)13-11-18-17(4)20(25)15(2)16(3)21(18)26/h9-10,27H,6-8,11-13H2,1-5H3/b14-9+/t22-/m0/s1. The molecule has 1 N–H and O–H groups in total. The summed E-state index contributed by atoms with van der Waals surface area (Å²) in [7, 11) is 0. The normalized spacial score (nSPS) is 18.1. The van der Waals surface area contributed by atoms with Crippen molar-refractivity contribution in [3.05, 3.63) is 46.1 Å². The van der Waals surface area contributed by atoms with Crippen molar-refractivity contribution in [1.29, 1.82) is 0 Å². The number of rotatable bonds is 9. The molecule has 1 atom stereocenters. The molecule has 27 heavy (non-hydrogen) atoms. The molecule has 0 amide bonds. The number of carbonyl (C=O) groups is 2. The number of hydrogen-bond donors (Lipinski definition) is 1. The van der Waals surface area contributed by atoms with Gasteiger partial charge >= 0.3 is 0 Å². The van der Waals surface area contributed by atoms with Gasteiger partial charge in [0.05, 0.1) is 5.60 Å². The van der Waals surface area contributed by atoms with Crippen molar-refractivity contribution in [1.82, 2.24) is 0 Å². The highest BCUT2D eigenvalue weighted by Crippen LogP contribution is 2.30. The van der Waals surface area contributed by atoms with Gasteiger partial charge in [-0.15, -0.1) is 0 Å². The Kier molecular flexibility index (Phi) is 8.48. The van der Waals surface area contributed by atoms with Crippen LogP contribution in [0.3, 0.4) is 0 Å². The van der Waals surface area contributed by atoms with E-state index < -0.39 is 11.7 Å². The first-order valence-corrected chi connectivity index (χ1v) is 9.32. The monoisotopic (exact) mass is 380 g/mol. The zero-order valence-corrected chi connectivity index (χ0v) is 16.9. The second-order valence-corrected chi connectivity index (χ2v) is 7.63. The lowest BCUT2D eigenvalue weighted by Gasteiger charge is -2.25. The molecule has 150 valence electrons. The molecule has 1 aliphatic rings. The van der Waals surface area contributed by atoms with Gasteiger partial charge in [0.25, 0.3) is 6.08 Å². The Morgan fingerprint density at radius 2 is 1.56 bits per heavy atom. The number of allylic oxidation sites excluding steroid dienone is 7. The summed E-state index contributed by atoms with van der Waals surface area (Å²) in [4.78, 5) is 24.6. The Bertz CT molecular complexity index is 718. The van der Waals surface area contributed by atoms with Crippen LogP contribution in [0.1, 0.15) is 73.1 Å². The molecule has 0 saturated carbocycles.